The van der Waals surface area contributed by atoms with E-state index in [1.54, 1.807) is 18.3 Å². The van der Waals surface area contributed by atoms with Crippen LogP contribution in [-0.4, -0.2) is 55.8 Å². The van der Waals surface area contributed by atoms with E-state index in [4.69, 9.17) is 11.6 Å². The molecule has 0 N–H and O–H groups in total. The van der Waals surface area contributed by atoms with Gasteiger partial charge in [0.05, 0.1) is 14.7 Å². The molecule has 0 radical (unpaired) electrons. The lowest BCUT2D eigenvalue weighted by atomic mass is 9.81. The van der Waals surface area contributed by atoms with Gasteiger partial charge in [0.1, 0.15) is 5.82 Å². The number of benzene rings is 1. The number of hydrogen-bond donors (Lipinski definition) is 0. The third-order valence-corrected chi connectivity index (χ3v) is 9.27. The van der Waals surface area contributed by atoms with Crippen molar-refractivity contribution in [3.63, 3.8) is 0 Å². The first-order chi connectivity index (χ1) is 14.0. The highest BCUT2D eigenvalue weighted by atomic mass is 35.5. The fourth-order valence-electron chi connectivity index (χ4n) is 4.45. The predicted octanol–water partition coefficient (Wildman–Crippen LogP) is 4.03. The molecule has 29 heavy (non-hydrogen) atoms. The van der Waals surface area contributed by atoms with Crippen molar-refractivity contribution in [2.75, 3.05) is 37.6 Å². The number of halogens is 1. The van der Waals surface area contributed by atoms with Gasteiger partial charge in [-0.3, -0.25) is 4.90 Å². The van der Waals surface area contributed by atoms with Crippen LogP contribution in [0.25, 0.3) is 0 Å². The molecule has 1 aliphatic heterocycles. The monoisotopic (exact) mass is 433 g/mol. The molecule has 2 heterocycles. The van der Waals surface area contributed by atoms with Crippen molar-refractivity contribution in [2.45, 2.75) is 41.7 Å². The van der Waals surface area contributed by atoms with Crippen LogP contribution in [-0.2, 0) is 9.84 Å². The highest BCUT2D eigenvalue weighted by Gasteiger charge is 2.48. The van der Waals surface area contributed by atoms with Crippen molar-refractivity contribution in [2.24, 2.45) is 0 Å². The molecule has 0 atom stereocenters. The standard InChI is InChI=1S/C22H28ClN3O2S/c23-19-8-9-21(24-18-19)26-16-14-25(15-17-26)13-5-12-22(10-4-11-22)29(27,28)20-6-2-1-3-7-20/h1-3,6-9,18H,4-5,10-17H2. The van der Waals surface area contributed by atoms with Crippen molar-refractivity contribution in [3.8, 4) is 0 Å². The lowest BCUT2D eigenvalue weighted by Gasteiger charge is -2.42. The minimum Gasteiger partial charge on any atom is -0.354 e. The topological polar surface area (TPSA) is 53.5 Å². The first-order valence-electron chi connectivity index (χ1n) is 10.4. The van der Waals surface area contributed by atoms with Gasteiger partial charge in [0, 0.05) is 32.4 Å². The molecule has 1 aliphatic carbocycles. The molecule has 5 nitrogen and oxygen atoms in total. The molecule has 156 valence electrons. The summed E-state index contributed by atoms with van der Waals surface area (Å²) in [5.74, 6) is 0.969. The highest BCUT2D eigenvalue weighted by Crippen LogP contribution is 2.46. The first kappa shape index (κ1) is 20.6. The second-order valence-corrected chi connectivity index (χ2v) is 10.9. The number of anilines is 1. The largest absolute Gasteiger partial charge is 0.354 e. The van der Waals surface area contributed by atoms with Crippen molar-refractivity contribution in [1.29, 1.82) is 0 Å². The van der Waals surface area contributed by atoms with Crippen LogP contribution in [0.15, 0.2) is 53.6 Å². The second kappa shape index (κ2) is 8.62. The van der Waals surface area contributed by atoms with Crippen LogP contribution in [0.3, 0.4) is 0 Å². The number of sulfone groups is 1. The molecule has 0 spiro atoms. The average Bonchev–Trinajstić information content (AvgIpc) is 2.71. The summed E-state index contributed by atoms with van der Waals surface area (Å²) < 4.78 is 25.9. The molecular formula is C22H28ClN3O2S. The van der Waals surface area contributed by atoms with Crippen molar-refractivity contribution >= 4 is 27.3 Å². The van der Waals surface area contributed by atoms with E-state index >= 15 is 0 Å². The maximum Gasteiger partial charge on any atom is 0.184 e. The van der Waals surface area contributed by atoms with E-state index in [9.17, 15) is 8.42 Å². The number of rotatable bonds is 7. The SMILES string of the molecule is O=S(=O)(c1ccccc1)C1(CCCN2CCN(c3ccc(Cl)cn3)CC2)CCC1. The van der Waals surface area contributed by atoms with Gasteiger partial charge < -0.3 is 4.90 Å². The van der Waals surface area contributed by atoms with Gasteiger partial charge in [-0.25, -0.2) is 13.4 Å². The lowest BCUT2D eigenvalue weighted by Crippen LogP contribution is -2.48. The molecule has 1 saturated carbocycles. The van der Waals surface area contributed by atoms with E-state index in [1.165, 1.54) is 0 Å². The molecular weight excluding hydrogens is 406 g/mol. The smallest absolute Gasteiger partial charge is 0.184 e. The zero-order valence-corrected chi connectivity index (χ0v) is 18.2. The lowest BCUT2D eigenvalue weighted by molar-refractivity contribution is 0.233. The summed E-state index contributed by atoms with van der Waals surface area (Å²) in [5, 5.41) is 0.655. The Morgan fingerprint density at radius 3 is 2.31 bits per heavy atom. The Morgan fingerprint density at radius 2 is 1.72 bits per heavy atom. The number of hydrogen-bond acceptors (Lipinski definition) is 5. The van der Waals surface area contributed by atoms with Gasteiger partial charge in [0.2, 0.25) is 0 Å². The van der Waals surface area contributed by atoms with Crippen LogP contribution in [0.4, 0.5) is 5.82 Å². The Hall–Kier alpha value is -1.63. The van der Waals surface area contributed by atoms with Gasteiger partial charge in [-0.05, 0) is 56.5 Å². The minimum atomic E-state index is -3.26. The molecule has 1 saturated heterocycles. The quantitative estimate of drug-likeness (QED) is 0.659. The molecule has 0 bridgehead atoms. The van der Waals surface area contributed by atoms with Crippen molar-refractivity contribution in [3.05, 3.63) is 53.7 Å². The van der Waals surface area contributed by atoms with E-state index in [0.717, 1.165) is 70.6 Å². The highest BCUT2D eigenvalue weighted by molar-refractivity contribution is 7.93. The number of nitrogens with zero attached hydrogens (tertiary/aromatic N) is 3. The summed E-state index contributed by atoms with van der Waals surface area (Å²) in [6.45, 7) is 4.77. The molecule has 1 aromatic heterocycles. The Kier molecular flexibility index (Phi) is 6.13. The fraction of sp³-hybridized carbons (Fsp3) is 0.500. The van der Waals surface area contributed by atoms with Crippen LogP contribution in [0.2, 0.25) is 5.02 Å². The number of piperazine rings is 1. The van der Waals surface area contributed by atoms with Crippen LogP contribution in [0.5, 0.6) is 0 Å². The summed E-state index contributed by atoms with van der Waals surface area (Å²) >= 11 is 5.92. The third kappa shape index (κ3) is 4.30. The average molecular weight is 434 g/mol. The van der Waals surface area contributed by atoms with Crippen molar-refractivity contribution < 1.29 is 8.42 Å². The zero-order valence-electron chi connectivity index (χ0n) is 16.6. The zero-order chi connectivity index (χ0) is 20.3. The molecule has 2 aliphatic rings. The number of aromatic nitrogens is 1. The summed E-state index contributed by atoms with van der Waals surface area (Å²) in [4.78, 5) is 9.60. The summed E-state index contributed by atoms with van der Waals surface area (Å²) in [6.07, 6.45) is 5.96. The van der Waals surface area contributed by atoms with E-state index in [1.807, 2.05) is 30.3 Å². The molecule has 7 heteroatoms. The normalized spacial score (nSPS) is 19.7. The fourth-order valence-corrected chi connectivity index (χ4v) is 6.82. The van der Waals surface area contributed by atoms with Gasteiger partial charge in [-0.1, -0.05) is 36.2 Å². The Balaban J connectivity index is 1.29. The van der Waals surface area contributed by atoms with Crippen molar-refractivity contribution in [1.82, 2.24) is 9.88 Å². The van der Waals surface area contributed by atoms with Crippen LogP contribution >= 0.6 is 11.6 Å². The number of pyridine rings is 1. The van der Waals surface area contributed by atoms with Gasteiger partial charge in [-0.2, -0.15) is 0 Å². The van der Waals surface area contributed by atoms with Crippen LogP contribution in [0.1, 0.15) is 32.1 Å². The molecule has 2 fully saturated rings. The Labute approximate surface area is 178 Å². The van der Waals surface area contributed by atoms with Gasteiger partial charge >= 0.3 is 0 Å². The van der Waals surface area contributed by atoms with E-state index in [0.29, 0.717) is 9.92 Å². The summed E-state index contributed by atoms with van der Waals surface area (Å²) in [5.41, 5.74) is 0. The van der Waals surface area contributed by atoms with Crippen LogP contribution < -0.4 is 4.90 Å². The molecule has 2 aromatic rings. The first-order valence-corrected chi connectivity index (χ1v) is 12.2. The summed E-state index contributed by atoms with van der Waals surface area (Å²) in [7, 11) is -3.26. The van der Waals surface area contributed by atoms with Gasteiger partial charge in [-0.15, -0.1) is 0 Å². The predicted molar refractivity (Wildman–Crippen MR) is 117 cm³/mol. The molecule has 0 unspecified atom stereocenters. The summed E-state index contributed by atoms with van der Waals surface area (Å²) in [6, 6.07) is 12.8. The van der Waals surface area contributed by atoms with E-state index < -0.39 is 14.6 Å². The molecule has 1 aromatic carbocycles. The van der Waals surface area contributed by atoms with Gasteiger partial charge in [0.25, 0.3) is 0 Å². The van der Waals surface area contributed by atoms with Crippen LogP contribution in [0, 0.1) is 0 Å². The Bertz CT molecular complexity index is 907. The molecule has 4 rings (SSSR count). The third-order valence-electron chi connectivity index (χ3n) is 6.40. The minimum absolute atomic E-state index is 0.476. The van der Waals surface area contributed by atoms with E-state index in [2.05, 4.69) is 14.8 Å². The molecule has 0 amide bonds. The van der Waals surface area contributed by atoms with Gasteiger partial charge in [0.15, 0.2) is 9.84 Å². The van der Waals surface area contributed by atoms with E-state index in [-0.39, 0.29) is 0 Å². The maximum absolute atomic E-state index is 13.2. The second-order valence-electron chi connectivity index (χ2n) is 8.12. The Morgan fingerprint density at radius 1 is 1.00 bits per heavy atom. The maximum atomic E-state index is 13.2.